The average Bonchev–Trinajstić information content (AvgIpc) is 2.43. The van der Waals surface area contributed by atoms with Gasteiger partial charge in [0.15, 0.2) is 0 Å². The van der Waals surface area contributed by atoms with Crippen LogP contribution in [0.15, 0.2) is 51.4 Å². The summed E-state index contributed by atoms with van der Waals surface area (Å²) in [4.78, 5) is 13.8. The summed E-state index contributed by atoms with van der Waals surface area (Å²) in [5.41, 5.74) is 1.03. The van der Waals surface area contributed by atoms with Gasteiger partial charge in [-0.2, -0.15) is 0 Å². The van der Waals surface area contributed by atoms with Crippen LogP contribution in [0.3, 0.4) is 0 Å². The molecule has 0 saturated heterocycles. The van der Waals surface area contributed by atoms with E-state index in [0.29, 0.717) is 11.0 Å². The molecule has 0 saturated carbocycles. The Kier molecular flexibility index (Phi) is 4.94. The summed E-state index contributed by atoms with van der Waals surface area (Å²) in [6.07, 6.45) is 0. The van der Waals surface area contributed by atoms with E-state index in [9.17, 15) is 9.18 Å². The number of hydrogen-bond donors (Lipinski definition) is 0. The van der Waals surface area contributed by atoms with Crippen molar-refractivity contribution in [3.8, 4) is 0 Å². The van der Waals surface area contributed by atoms with Gasteiger partial charge < -0.3 is 4.90 Å². The van der Waals surface area contributed by atoms with Crippen LogP contribution >= 0.6 is 31.9 Å². The van der Waals surface area contributed by atoms with Crippen LogP contribution in [0, 0.1) is 5.82 Å². The van der Waals surface area contributed by atoms with Gasteiger partial charge in [-0.3, -0.25) is 4.79 Å². The molecule has 0 spiro atoms. The Morgan fingerprint density at radius 3 is 2.60 bits per heavy atom. The van der Waals surface area contributed by atoms with Gasteiger partial charge in [0.2, 0.25) is 0 Å². The molecule has 2 nitrogen and oxygen atoms in total. The zero-order chi connectivity index (χ0) is 14.7. The molecule has 2 aromatic carbocycles. The number of rotatable bonds is 3. The Balaban J connectivity index is 2.21. The number of amides is 1. The Labute approximate surface area is 133 Å². The topological polar surface area (TPSA) is 20.3 Å². The first-order chi connectivity index (χ1) is 9.49. The zero-order valence-electron chi connectivity index (χ0n) is 10.7. The van der Waals surface area contributed by atoms with Gasteiger partial charge in [0.25, 0.3) is 5.91 Å². The lowest BCUT2D eigenvalue weighted by molar-refractivity contribution is 0.0780. The van der Waals surface area contributed by atoms with Crippen molar-refractivity contribution in [1.29, 1.82) is 0 Å². The molecule has 0 fully saturated rings. The molecule has 20 heavy (non-hydrogen) atoms. The second kappa shape index (κ2) is 6.50. The largest absolute Gasteiger partial charge is 0.337 e. The Bertz CT molecular complexity index is 646. The number of carbonyl (C=O) groups excluding carboxylic acids is 1. The van der Waals surface area contributed by atoms with Crippen LogP contribution in [-0.4, -0.2) is 17.9 Å². The summed E-state index contributed by atoms with van der Waals surface area (Å²) in [5.74, 6) is -0.864. The summed E-state index contributed by atoms with van der Waals surface area (Å²) in [6.45, 7) is 0.409. The predicted octanol–water partition coefficient (Wildman–Crippen LogP) is 4.62. The molecule has 5 heteroatoms. The van der Waals surface area contributed by atoms with Gasteiger partial charge in [-0.05, 0) is 29.8 Å². The molecule has 0 aliphatic carbocycles. The second-order valence-corrected chi connectivity index (χ2v) is 6.15. The quantitative estimate of drug-likeness (QED) is 0.735. The lowest BCUT2D eigenvalue weighted by Gasteiger charge is -2.18. The van der Waals surface area contributed by atoms with Crippen molar-refractivity contribution in [3.05, 3.63) is 68.4 Å². The van der Waals surface area contributed by atoms with E-state index in [1.54, 1.807) is 13.1 Å². The van der Waals surface area contributed by atoms with E-state index in [1.165, 1.54) is 17.0 Å². The molecule has 2 rings (SSSR count). The molecule has 0 aliphatic rings. The van der Waals surface area contributed by atoms with Crippen molar-refractivity contribution < 1.29 is 9.18 Å². The molecule has 0 radical (unpaired) electrons. The van der Waals surface area contributed by atoms with Gasteiger partial charge in [-0.25, -0.2) is 4.39 Å². The Morgan fingerprint density at radius 1 is 1.20 bits per heavy atom. The fourth-order valence-electron chi connectivity index (χ4n) is 1.82. The van der Waals surface area contributed by atoms with E-state index < -0.39 is 5.82 Å². The first-order valence-electron chi connectivity index (χ1n) is 5.93. The van der Waals surface area contributed by atoms with Crippen molar-refractivity contribution in [2.24, 2.45) is 0 Å². The third kappa shape index (κ3) is 3.46. The van der Waals surface area contributed by atoms with E-state index in [2.05, 4.69) is 31.9 Å². The van der Waals surface area contributed by atoms with Crippen molar-refractivity contribution >= 4 is 37.8 Å². The first kappa shape index (κ1) is 15.2. The predicted molar refractivity (Wildman–Crippen MR) is 84.0 cm³/mol. The Morgan fingerprint density at radius 2 is 1.90 bits per heavy atom. The van der Waals surface area contributed by atoms with Crippen LogP contribution in [0.2, 0.25) is 0 Å². The van der Waals surface area contributed by atoms with Crippen molar-refractivity contribution in [1.82, 2.24) is 4.90 Å². The summed E-state index contributed by atoms with van der Waals surface area (Å²) in [6, 6.07) is 12.0. The van der Waals surface area contributed by atoms with Gasteiger partial charge >= 0.3 is 0 Å². The minimum atomic E-state index is -0.517. The van der Waals surface area contributed by atoms with Crippen LogP contribution in [-0.2, 0) is 6.54 Å². The monoisotopic (exact) mass is 399 g/mol. The normalized spacial score (nSPS) is 10.4. The molecule has 0 aromatic heterocycles. The van der Waals surface area contributed by atoms with Crippen molar-refractivity contribution in [2.75, 3.05) is 7.05 Å². The van der Waals surface area contributed by atoms with Gasteiger partial charge in [0, 0.05) is 22.5 Å². The van der Waals surface area contributed by atoms with Gasteiger partial charge in [0.05, 0.1) is 5.56 Å². The lowest BCUT2D eigenvalue weighted by Crippen LogP contribution is -2.27. The first-order valence-corrected chi connectivity index (χ1v) is 7.51. The zero-order valence-corrected chi connectivity index (χ0v) is 13.9. The van der Waals surface area contributed by atoms with Crippen LogP contribution in [0.25, 0.3) is 0 Å². The third-order valence-electron chi connectivity index (χ3n) is 2.87. The van der Waals surface area contributed by atoms with E-state index in [0.717, 1.165) is 10.0 Å². The maximum atomic E-state index is 13.7. The average molecular weight is 401 g/mol. The fourth-order valence-corrected chi connectivity index (χ4v) is 2.59. The number of benzene rings is 2. The highest BCUT2D eigenvalue weighted by Crippen LogP contribution is 2.20. The van der Waals surface area contributed by atoms with Crippen LogP contribution < -0.4 is 0 Å². The SMILES string of the molecule is CN(Cc1ccccc1Br)C(=O)c1cc(Br)ccc1F. The molecule has 0 heterocycles. The van der Waals surface area contributed by atoms with E-state index >= 15 is 0 Å². The van der Waals surface area contributed by atoms with E-state index in [4.69, 9.17) is 0 Å². The van der Waals surface area contributed by atoms with E-state index in [-0.39, 0.29) is 11.5 Å². The molecule has 1 amide bonds. The molecule has 0 atom stereocenters. The molecule has 0 unspecified atom stereocenters. The van der Waals surface area contributed by atoms with Gasteiger partial charge in [0.1, 0.15) is 5.82 Å². The number of hydrogen-bond acceptors (Lipinski definition) is 1. The minimum Gasteiger partial charge on any atom is -0.337 e. The number of carbonyl (C=O) groups is 1. The molecule has 0 bridgehead atoms. The maximum absolute atomic E-state index is 13.7. The van der Waals surface area contributed by atoms with E-state index in [1.807, 2.05) is 24.3 Å². The smallest absolute Gasteiger partial charge is 0.256 e. The summed E-state index contributed by atoms with van der Waals surface area (Å²) < 4.78 is 15.3. The highest BCUT2D eigenvalue weighted by Gasteiger charge is 2.17. The van der Waals surface area contributed by atoms with Crippen LogP contribution in [0.5, 0.6) is 0 Å². The highest BCUT2D eigenvalue weighted by atomic mass is 79.9. The minimum absolute atomic E-state index is 0.0638. The maximum Gasteiger partial charge on any atom is 0.256 e. The van der Waals surface area contributed by atoms with Crippen molar-refractivity contribution in [2.45, 2.75) is 6.54 Å². The molecule has 104 valence electrons. The summed E-state index contributed by atoms with van der Waals surface area (Å²) >= 11 is 6.68. The molecule has 2 aromatic rings. The molecule has 0 aliphatic heterocycles. The van der Waals surface area contributed by atoms with Gasteiger partial charge in [-0.1, -0.05) is 50.1 Å². The molecular weight excluding hydrogens is 389 g/mol. The molecular formula is C15H12Br2FNO. The van der Waals surface area contributed by atoms with Gasteiger partial charge in [-0.15, -0.1) is 0 Å². The summed E-state index contributed by atoms with van der Waals surface area (Å²) in [5, 5.41) is 0. The van der Waals surface area contributed by atoms with Crippen LogP contribution in [0.4, 0.5) is 4.39 Å². The highest BCUT2D eigenvalue weighted by molar-refractivity contribution is 9.10. The number of nitrogens with zero attached hydrogens (tertiary/aromatic N) is 1. The second-order valence-electron chi connectivity index (χ2n) is 4.38. The van der Waals surface area contributed by atoms with Crippen molar-refractivity contribution in [3.63, 3.8) is 0 Å². The third-order valence-corrected chi connectivity index (χ3v) is 4.14. The standard InChI is InChI=1S/C15H12Br2FNO/c1-19(9-10-4-2-3-5-13(10)17)15(20)12-8-11(16)6-7-14(12)18/h2-8H,9H2,1H3. The molecule has 0 N–H and O–H groups in total. The fraction of sp³-hybridized carbons (Fsp3) is 0.133. The summed E-state index contributed by atoms with van der Waals surface area (Å²) in [7, 11) is 1.65. The van der Waals surface area contributed by atoms with Crippen LogP contribution in [0.1, 0.15) is 15.9 Å². The Hall–Kier alpha value is -1.20. The lowest BCUT2D eigenvalue weighted by atomic mass is 10.1. The number of halogens is 3.